The Kier molecular flexibility index (Phi) is 6.50. The summed E-state index contributed by atoms with van der Waals surface area (Å²) in [7, 11) is 1.37. The predicted molar refractivity (Wildman–Crippen MR) is 113 cm³/mol. The molecule has 0 aliphatic rings. The Morgan fingerprint density at radius 2 is 1.79 bits per heavy atom. The fourth-order valence-electron chi connectivity index (χ4n) is 3.38. The van der Waals surface area contributed by atoms with Crippen LogP contribution in [0, 0.1) is 0 Å². The van der Waals surface area contributed by atoms with Gasteiger partial charge in [0, 0.05) is 11.8 Å². The molecule has 1 heterocycles. The van der Waals surface area contributed by atoms with Gasteiger partial charge in [-0.3, -0.25) is 4.79 Å². The summed E-state index contributed by atoms with van der Waals surface area (Å²) in [6, 6.07) is 18.0. The van der Waals surface area contributed by atoms with Crippen LogP contribution in [0.1, 0.15) is 41.4 Å². The number of ether oxygens (including phenoxy) is 1. The molecule has 1 aromatic heterocycles. The molecule has 0 unspecified atom stereocenters. The number of carbonyl (C=O) groups is 1. The maximum Gasteiger partial charge on any atom is 0.338 e. The maximum absolute atomic E-state index is 12.4. The van der Waals surface area contributed by atoms with Crippen molar-refractivity contribution in [2.75, 3.05) is 7.11 Å². The minimum Gasteiger partial charge on any atom is -0.508 e. The Bertz CT molecular complexity index is 1050. The number of esters is 1. The highest BCUT2D eigenvalue weighted by atomic mass is 16.5. The molecule has 150 valence electrons. The molecule has 0 fully saturated rings. The molecule has 3 rings (SSSR count). The van der Waals surface area contributed by atoms with Crippen molar-refractivity contribution in [1.29, 1.82) is 0 Å². The van der Waals surface area contributed by atoms with Gasteiger partial charge in [-0.15, -0.1) is 0 Å². The van der Waals surface area contributed by atoms with Gasteiger partial charge >= 0.3 is 5.97 Å². The second-order valence-electron chi connectivity index (χ2n) is 6.97. The van der Waals surface area contributed by atoms with Crippen LogP contribution in [0.25, 0.3) is 11.1 Å². The zero-order valence-electron chi connectivity index (χ0n) is 16.7. The fraction of sp³-hybridized carbons (Fsp3) is 0.250. The molecule has 2 aromatic carbocycles. The number of pyridine rings is 1. The first-order valence-electron chi connectivity index (χ1n) is 9.73. The maximum atomic E-state index is 12.4. The van der Waals surface area contributed by atoms with Crippen LogP contribution >= 0.6 is 0 Å². The van der Waals surface area contributed by atoms with Crippen LogP contribution in [0.3, 0.4) is 0 Å². The zero-order valence-corrected chi connectivity index (χ0v) is 16.7. The Balaban J connectivity index is 1.90. The number of carbonyl (C=O) groups excluding carboxylic acids is 1. The molecule has 0 spiro atoms. The van der Waals surface area contributed by atoms with E-state index in [1.165, 1.54) is 13.2 Å². The van der Waals surface area contributed by atoms with Gasteiger partial charge in [0.25, 0.3) is 5.56 Å². The quantitative estimate of drug-likeness (QED) is 0.606. The summed E-state index contributed by atoms with van der Waals surface area (Å²) in [6.07, 6.45) is 2.70. The Morgan fingerprint density at radius 3 is 2.48 bits per heavy atom. The molecule has 3 aromatic rings. The number of methoxy groups -OCH3 is 1. The van der Waals surface area contributed by atoms with Crippen molar-refractivity contribution in [3.63, 3.8) is 0 Å². The van der Waals surface area contributed by atoms with Crippen molar-refractivity contribution in [2.24, 2.45) is 0 Å². The van der Waals surface area contributed by atoms with Crippen molar-refractivity contribution < 1.29 is 14.6 Å². The molecule has 29 heavy (non-hydrogen) atoms. The lowest BCUT2D eigenvalue weighted by molar-refractivity contribution is 0.0601. The molecule has 0 aliphatic heterocycles. The number of aryl methyl sites for hydroxylation is 1. The van der Waals surface area contributed by atoms with Crippen LogP contribution in [0.2, 0.25) is 0 Å². The van der Waals surface area contributed by atoms with E-state index in [0.717, 1.165) is 41.6 Å². The van der Waals surface area contributed by atoms with Gasteiger partial charge < -0.3 is 14.4 Å². The SMILES string of the molecule is CCCCc1cc(O)cc(=O)n1Cc1ccc(-c2ccccc2C(=O)OC)cc1. The number of nitrogens with zero attached hydrogens (tertiary/aromatic N) is 1. The lowest BCUT2D eigenvalue weighted by Gasteiger charge is -2.14. The summed E-state index contributed by atoms with van der Waals surface area (Å²) in [5.41, 5.74) is 3.80. The van der Waals surface area contributed by atoms with Gasteiger partial charge in [-0.2, -0.15) is 0 Å². The summed E-state index contributed by atoms with van der Waals surface area (Å²) in [5, 5.41) is 9.79. The van der Waals surface area contributed by atoms with Crippen molar-refractivity contribution >= 4 is 5.97 Å². The number of aromatic hydroxyl groups is 1. The third-order valence-electron chi connectivity index (χ3n) is 4.92. The summed E-state index contributed by atoms with van der Waals surface area (Å²) in [5.74, 6) is -0.368. The normalized spacial score (nSPS) is 10.7. The highest BCUT2D eigenvalue weighted by molar-refractivity contribution is 5.97. The summed E-state index contributed by atoms with van der Waals surface area (Å²) < 4.78 is 6.57. The molecule has 5 nitrogen and oxygen atoms in total. The zero-order chi connectivity index (χ0) is 20.8. The van der Waals surface area contributed by atoms with Gasteiger partial charge in [0.1, 0.15) is 5.75 Å². The largest absolute Gasteiger partial charge is 0.508 e. The van der Waals surface area contributed by atoms with Gasteiger partial charge in [0.15, 0.2) is 0 Å². The number of unbranched alkanes of at least 4 members (excludes halogenated alkanes) is 1. The first kappa shape index (κ1) is 20.4. The van der Waals surface area contributed by atoms with Gasteiger partial charge in [0.2, 0.25) is 0 Å². The van der Waals surface area contributed by atoms with Crippen molar-refractivity contribution in [1.82, 2.24) is 4.57 Å². The number of benzene rings is 2. The summed E-state index contributed by atoms with van der Waals surface area (Å²) in [4.78, 5) is 24.4. The standard InChI is InChI=1S/C24H25NO4/c1-3-4-7-19-14-20(26)15-23(27)25(19)16-17-10-12-18(13-11-17)21-8-5-6-9-22(21)24(28)29-2/h5-6,8-15,26H,3-4,7,16H2,1-2H3. The molecule has 5 heteroatoms. The van der Waals surface area contributed by atoms with Gasteiger partial charge in [-0.1, -0.05) is 55.8 Å². The van der Waals surface area contributed by atoms with E-state index in [9.17, 15) is 14.7 Å². The molecule has 1 N–H and O–H groups in total. The van der Waals surface area contributed by atoms with Crippen LogP contribution in [0.5, 0.6) is 5.75 Å². The van der Waals surface area contributed by atoms with Crippen molar-refractivity contribution in [3.05, 3.63) is 87.8 Å². The van der Waals surface area contributed by atoms with E-state index in [1.54, 1.807) is 22.8 Å². The molecule has 0 saturated heterocycles. The first-order chi connectivity index (χ1) is 14.0. The summed E-state index contributed by atoms with van der Waals surface area (Å²) in [6.45, 7) is 2.52. The fourth-order valence-corrected chi connectivity index (χ4v) is 3.38. The lowest BCUT2D eigenvalue weighted by atomic mass is 9.98. The molecular formula is C24H25NO4. The number of hydrogen-bond acceptors (Lipinski definition) is 4. The summed E-state index contributed by atoms with van der Waals surface area (Å²) >= 11 is 0. The molecule has 0 bridgehead atoms. The second kappa shape index (κ2) is 9.24. The smallest absolute Gasteiger partial charge is 0.338 e. The minimum absolute atomic E-state index is 0.00659. The third-order valence-corrected chi connectivity index (χ3v) is 4.92. The van der Waals surface area contributed by atoms with E-state index in [1.807, 2.05) is 36.4 Å². The van der Waals surface area contributed by atoms with E-state index in [-0.39, 0.29) is 17.3 Å². The molecule has 0 amide bonds. The van der Waals surface area contributed by atoms with Gasteiger partial charge in [-0.25, -0.2) is 4.79 Å². The molecule has 0 aliphatic carbocycles. The molecule has 0 radical (unpaired) electrons. The highest BCUT2D eigenvalue weighted by Gasteiger charge is 2.13. The Morgan fingerprint density at radius 1 is 1.07 bits per heavy atom. The molecule has 0 saturated carbocycles. The van der Waals surface area contributed by atoms with E-state index < -0.39 is 0 Å². The van der Waals surface area contributed by atoms with E-state index in [4.69, 9.17) is 4.74 Å². The van der Waals surface area contributed by atoms with Crippen LogP contribution in [0.4, 0.5) is 0 Å². The Hall–Kier alpha value is -3.34. The van der Waals surface area contributed by atoms with Crippen molar-refractivity contribution in [3.8, 4) is 16.9 Å². The minimum atomic E-state index is -0.374. The topological polar surface area (TPSA) is 68.5 Å². The van der Waals surface area contributed by atoms with E-state index in [0.29, 0.717) is 12.1 Å². The van der Waals surface area contributed by atoms with Crippen LogP contribution in [-0.2, 0) is 17.7 Å². The average molecular weight is 391 g/mol. The highest BCUT2D eigenvalue weighted by Crippen LogP contribution is 2.25. The van der Waals surface area contributed by atoms with Gasteiger partial charge in [-0.05, 0) is 41.7 Å². The van der Waals surface area contributed by atoms with Crippen LogP contribution < -0.4 is 5.56 Å². The lowest BCUT2D eigenvalue weighted by Crippen LogP contribution is -2.23. The van der Waals surface area contributed by atoms with E-state index >= 15 is 0 Å². The average Bonchev–Trinajstić information content (AvgIpc) is 2.74. The monoisotopic (exact) mass is 391 g/mol. The number of aromatic nitrogens is 1. The van der Waals surface area contributed by atoms with Crippen LogP contribution in [0.15, 0.2) is 65.5 Å². The Labute approximate surface area is 170 Å². The second-order valence-corrected chi connectivity index (χ2v) is 6.97. The number of hydrogen-bond donors (Lipinski definition) is 1. The molecule has 0 atom stereocenters. The van der Waals surface area contributed by atoms with E-state index in [2.05, 4.69) is 6.92 Å². The predicted octanol–water partition coefficient (Wildman–Crippen LogP) is 4.40. The molecular weight excluding hydrogens is 366 g/mol. The third kappa shape index (κ3) is 4.74. The van der Waals surface area contributed by atoms with Crippen molar-refractivity contribution in [2.45, 2.75) is 32.7 Å². The van der Waals surface area contributed by atoms with Crippen LogP contribution in [-0.4, -0.2) is 22.8 Å². The van der Waals surface area contributed by atoms with Gasteiger partial charge in [0.05, 0.1) is 19.2 Å². The number of rotatable bonds is 7. The first-order valence-corrected chi connectivity index (χ1v) is 9.73.